The Morgan fingerprint density at radius 2 is 2.06 bits per heavy atom. The molecule has 0 saturated heterocycles. The van der Waals surface area contributed by atoms with Gasteiger partial charge in [-0.05, 0) is 23.9 Å². The molecule has 0 aliphatic carbocycles. The normalized spacial score (nSPS) is 12.9. The molecule has 1 aromatic rings. The van der Waals surface area contributed by atoms with Crippen LogP contribution in [0.2, 0.25) is 0 Å². The summed E-state index contributed by atoms with van der Waals surface area (Å²) in [6.07, 6.45) is 0. The van der Waals surface area contributed by atoms with E-state index in [1.165, 1.54) is 6.07 Å². The lowest BCUT2D eigenvalue weighted by molar-refractivity contribution is -0.0327. The molecule has 4 nitrogen and oxygen atoms in total. The van der Waals surface area contributed by atoms with Crippen molar-refractivity contribution < 1.29 is 21.6 Å². The van der Waals surface area contributed by atoms with Gasteiger partial charge >= 0.3 is 5.51 Å². The smallest absolute Gasteiger partial charge is 0.326 e. The Morgan fingerprint density at radius 1 is 1.39 bits per heavy atom. The topological polar surface area (TPSA) is 72.2 Å². The number of halogens is 3. The summed E-state index contributed by atoms with van der Waals surface area (Å²) >= 11 is 0.735. The molecule has 0 fully saturated rings. The predicted molar refractivity (Wildman–Crippen MR) is 65.9 cm³/mol. The van der Waals surface area contributed by atoms with Crippen molar-refractivity contribution in [1.82, 2.24) is 4.72 Å². The van der Waals surface area contributed by atoms with Crippen LogP contribution in [0.3, 0.4) is 0 Å². The summed E-state index contributed by atoms with van der Waals surface area (Å²) in [5.74, 6) is -0.363. The Labute approximate surface area is 111 Å². The first-order valence-electron chi connectivity index (χ1n) is 4.74. The lowest BCUT2D eigenvalue weighted by Crippen LogP contribution is -2.26. The zero-order chi connectivity index (χ0) is 13.8. The van der Waals surface area contributed by atoms with Gasteiger partial charge < -0.3 is 5.73 Å². The number of sulfonamides is 1. The molecule has 18 heavy (non-hydrogen) atoms. The van der Waals surface area contributed by atoms with Crippen LogP contribution in [0.4, 0.5) is 13.2 Å². The second-order valence-corrected chi connectivity index (χ2v) is 7.44. The summed E-state index contributed by atoms with van der Waals surface area (Å²) < 4.78 is 60.9. The summed E-state index contributed by atoms with van der Waals surface area (Å²) in [6, 6.07) is 2.95. The molecule has 0 saturated carbocycles. The van der Waals surface area contributed by atoms with Crippen molar-refractivity contribution in [3.05, 3.63) is 17.0 Å². The summed E-state index contributed by atoms with van der Waals surface area (Å²) in [5.41, 5.74) is 0.997. The largest absolute Gasteiger partial charge is 0.441 e. The number of nitrogens with one attached hydrogen (secondary N) is 1. The molecular weight excluding hydrogens is 309 g/mol. The first-order chi connectivity index (χ1) is 8.24. The molecule has 10 heteroatoms. The predicted octanol–water partition coefficient (Wildman–Crippen LogP) is 1.74. The van der Waals surface area contributed by atoms with E-state index < -0.39 is 15.5 Å². The van der Waals surface area contributed by atoms with E-state index in [-0.39, 0.29) is 34.8 Å². The van der Waals surface area contributed by atoms with E-state index in [0.29, 0.717) is 4.88 Å². The van der Waals surface area contributed by atoms with Gasteiger partial charge in [0.2, 0.25) is 10.0 Å². The zero-order valence-electron chi connectivity index (χ0n) is 9.03. The molecule has 0 radical (unpaired) electrons. The highest BCUT2D eigenvalue weighted by Gasteiger charge is 2.27. The van der Waals surface area contributed by atoms with Gasteiger partial charge in [0.05, 0.1) is 0 Å². The van der Waals surface area contributed by atoms with E-state index in [1.54, 1.807) is 6.07 Å². The second kappa shape index (κ2) is 6.24. The van der Waals surface area contributed by atoms with Gasteiger partial charge in [-0.15, -0.1) is 11.3 Å². The Hall–Kier alpha value is -0.290. The van der Waals surface area contributed by atoms with Gasteiger partial charge in [-0.3, -0.25) is 0 Å². The molecule has 0 aliphatic rings. The van der Waals surface area contributed by atoms with E-state index in [9.17, 15) is 21.6 Å². The number of alkyl halides is 3. The third-order valence-corrected chi connectivity index (χ3v) is 5.56. The highest BCUT2D eigenvalue weighted by atomic mass is 32.2. The first-order valence-corrected chi connectivity index (χ1v) is 8.02. The van der Waals surface area contributed by atoms with Gasteiger partial charge in [-0.2, -0.15) is 13.2 Å². The number of hydrogen-bond acceptors (Lipinski definition) is 5. The fraction of sp³-hybridized carbons (Fsp3) is 0.500. The van der Waals surface area contributed by atoms with Crippen LogP contribution in [0.1, 0.15) is 4.88 Å². The summed E-state index contributed by atoms with van der Waals surface area (Å²) in [6.45, 7) is -0.0491. The molecule has 3 N–H and O–H groups in total. The Balaban J connectivity index is 2.50. The number of nitrogens with two attached hydrogens (primary N) is 1. The highest BCUT2D eigenvalue weighted by Crippen LogP contribution is 2.29. The lowest BCUT2D eigenvalue weighted by Gasteiger charge is -2.06. The number of hydrogen-bond donors (Lipinski definition) is 2. The van der Waals surface area contributed by atoms with Crippen molar-refractivity contribution >= 4 is 33.1 Å². The van der Waals surface area contributed by atoms with Crippen molar-refractivity contribution in [2.24, 2.45) is 5.73 Å². The van der Waals surface area contributed by atoms with E-state index in [2.05, 4.69) is 4.72 Å². The molecular formula is C8H11F3N2O2S3. The van der Waals surface area contributed by atoms with Crippen LogP contribution in [0.5, 0.6) is 0 Å². The van der Waals surface area contributed by atoms with Crippen molar-refractivity contribution in [2.45, 2.75) is 16.3 Å². The van der Waals surface area contributed by atoms with Gasteiger partial charge in [0.15, 0.2) is 0 Å². The summed E-state index contributed by atoms with van der Waals surface area (Å²) in [5, 5.41) is 0. The number of thioether (sulfide) groups is 1. The summed E-state index contributed by atoms with van der Waals surface area (Å²) in [4.78, 5) is 0.694. The van der Waals surface area contributed by atoms with Gasteiger partial charge in [0, 0.05) is 23.7 Å². The maximum Gasteiger partial charge on any atom is 0.441 e. The van der Waals surface area contributed by atoms with Crippen molar-refractivity contribution in [2.75, 3.05) is 12.3 Å². The average molecular weight is 320 g/mol. The third kappa shape index (κ3) is 5.14. The minimum atomic E-state index is -4.35. The molecule has 0 aliphatic heterocycles. The number of rotatable bonds is 6. The molecule has 0 unspecified atom stereocenters. The Morgan fingerprint density at radius 3 is 2.56 bits per heavy atom. The van der Waals surface area contributed by atoms with Gasteiger partial charge in [-0.1, -0.05) is 0 Å². The molecule has 0 aromatic carbocycles. The van der Waals surface area contributed by atoms with E-state index in [4.69, 9.17) is 5.73 Å². The quantitative estimate of drug-likeness (QED) is 0.783. The van der Waals surface area contributed by atoms with Crippen LogP contribution < -0.4 is 10.5 Å². The maximum atomic E-state index is 11.8. The van der Waals surface area contributed by atoms with E-state index >= 15 is 0 Å². The molecule has 0 bridgehead atoms. The van der Waals surface area contributed by atoms with Crippen LogP contribution >= 0.6 is 23.1 Å². The molecule has 1 rings (SSSR count). The van der Waals surface area contributed by atoms with Crippen molar-refractivity contribution in [1.29, 1.82) is 0 Å². The molecule has 1 heterocycles. The molecule has 1 aromatic heterocycles. The first kappa shape index (κ1) is 15.8. The zero-order valence-corrected chi connectivity index (χ0v) is 11.5. The van der Waals surface area contributed by atoms with Gasteiger partial charge in [0.25, 0.3) is 0 Å². The Bertz CT molecular complexity index is 484. The number of thiophene rings is 1. The van der Waals surface area contributed by atoms with E-state index in [0.717, 1.165) is 11.3 Å². The average Bonchev–Trinajstić information content (AvgIpc) is 2.72. The molecule has 0 amide bonds. The highest BCUT2D eigenvalue weighted by molar-refractivity contribution is 8.00. The van der Waals surface area contributed by atoms with Crippen molar-refractivity contribution in [3.8, 4) is 0 Å². The van der Waals surface area contributed by atoms with Gasteiger partial charge in [0.1, 0.15) is 4.21 Å². The van der Waals surface area contributed by atoms with Gasteiger partial charge in [-0.25, -0.2) is 13.1 Å². The van der Waals surface area contributed by atoms with Crippen LogP contribution in [-0.4, -0.2) is 26.2 Å². The minimum absolute atomic E-state index is 0.0555. The van der Waals surface area contributed by atoms with E-state index in [1.807, 2.05) is 0 Å². The SMILES string of the molecule is NCc1ccc(S(=O)(=O)NCCSC(F)(F)F)s1. The standard InChI is InChI=1S/C8H11F3N2O2S3/c9-8(10,11)16-4-3-13-18(14,15)7-2-1-6(5-12)17-7/h1-2,13H,3-5,12H2. The van der Waals surface area contributed by atoms with Crippen LogP contribution in [0.25, 0.3) is 0 Å². The van der Waals surface area contributed by atoms with Crippen LogP contribution in [0, 0.1) is 0 Å². The van der Waals surface area contributed by atoms with Crippen LogP contribution in [0.15, 0.2) is 16.3 Å². The third-order valence-electron chi connectivity index (χ3n) is 1.76. The lowest BCUT2D eigenvalue weighted by atomic mass is 10.5. The van der Waals surface area contributed by atoms with Crippen LogP contribution in [-0.2, 0) is 16.6 Å². The maximum absolute atomic E-state index is 11.8. The molecule has 0 spiro atoms. The minimum Gasteiger partial charge on any atom is -0.326 e. The molecule has 104 valence electrons. The van der Waals surface area contributed by atoms with Crippen molar-refractivity contribution in [3.63, 3.8) is 0 Å². The summed E-state index contributed by atoms with van der Waals surface area (Å²) in [7, 11) is -3.73. The fourth-order valence-corrected chi connectivity index (χ4v) is 3.90. The molecule has 0 atom stereocenters. The Kier molecular flexibility index (Phi) is 5.46. The fourth-order valence-electron chi connectivity index (χ4n) is 1.03. The monoisotopic (exact) mass is 320 g/mol. The second-order valence-electron chi connectivity index (χ2n) is 3.12.